The number of nitriles is 1. The lowest BCUT2D eigenvalue weighted by Gasteiger charge is -2.30. The molecule has 1 aromatic heterocycles. The Morgan fingerprint density at radius 2 is 2.04 bits per heavy atom. The molecule has 1 aromatic carbocycles. The summed E-state index contributed by atoms with van der Waals surface area (Å²) in [6.45, 7) is 1.23. The molecule has 0 unspecified atom stereocenters. The number of aromatic nitrogens is 2. The van der Waals surface area contributed by atoms with Crippen molar-refractivity contribution in [3.8, 4) is 6.19 Å². The molecule has 0 fully saturated rings. The summed E-state index contributed by atoms with van der Waals surface area (Å²) in [6, 6.07) is 10.2. The smallest absolute Gasteiger partial charge is 0.180 e. The summed E-state index contributed by atoms with van der Waals surface area (Å²) in [5.74, 6) is 0. The van der Waals surface area contributed by atoms with Gasteiger partial charge in [-0.05, 0) is 5.56 Å². The molecule has 3 heterocycles. The Morgan fingerprint density at radius 3 is 2.74 bits per heavy atom. The van der Waals surface area contributed by atoms with Crippen LogP contribution in [0.2, 0.25) is 0 Å². The molecule has 1 N–H and O–H groups in total. The molecule has 0 bridgehead atoms. The normalized spacial score (nSPS) is 16.8. The molecule has 2 aromatic rings. The molecule has 0 spiro atoms. The first-order valence-corrected chi connectivity index (χ1v) is 7.44. The minimum atomic E-state index is 0.595. The van der Waals surface area contributed by atoms with Gasteiger partial charge in [-0.3, -0.25) is 9.69 Å². The molecular formula is C17H16N6. The molecule has 4 rings (SSSR count). The largest absolute Gasteiger partial charge is 0.301 e. The Bertz CT molecular complexity index is 839. The number of hydrogen-bond donors (Lipinski definition) is 1. The van der Waals surface area contributed by atoms with E-state index in [9.17, 15) is 5.26 Å². The predicted molar refractivity (Wildman–Crippen MR) is 87.5 cm³/mol. The van der Waals surface area contributed by atoms with Gasteiger partial charge in [0.05, 0.1) is 31.2 Å². The number of nitrogens with zero attached hydrogens (tertiary/aromatic N) is 5. The standard InChI is InChI=1S/C17H16N6/c1-21-9-14(7-19-21)23-17-11-22(12-18)10-16(17)15(8-20-23)13-5-3-2-4-6-13/h2-9,20H,10-11H2,1H3. The van der Waals surface area contributed by atoms with E-state index in [4.69, 9.17) is 0 Å². The fraction of sp³-hybridized carbons (Fsp3) is 0.176. The molecule has 0 saturated heterocycles. The van der Waals surface area contributed by atoms with Crippen molar-refractivity contribution in [1.29, 1.82) is 5.26 Å². The highest BCUT2D eigenvalue weighted by Crippen LogP contribution is 2.35. The van der Waals surface area contributed by atoms with Gasteiger partial charge in [0.1, 0.15) is 5.69 Å². The van der Waals surface area contributed by atoms with Gasteiger partial charge in [-0.2, -0.15) is 10.4 Å². The number of aryl methyl sites for hydroxylation is 1. The van der Waals surface area contributed by atoms with E-state index in [-0.39, 0.29) is 0 Å². The fourth-order valence-corrected chi connectivity index (χ4v) is 3.05. The van der Waals surface area contributed by atoms with Crippen LogP contribution in [-0.4, -0.2) is 27.8 Å². The predicted octanol–water partition coefficient (Wildman–Crippen LogP) is 1.84. The number of hydrazine groups is 1. The number of benzene rings is 1. The summed E-state index contributed by atoms with van der Waals surface area (Å²) in [5.41, 5.74) is 8.87. The van der Waals surface area contributed by atoms with Gasteiger partial charge >= 0.3 is 0 Å². The van der Waals surface area contributed by atoms with Gasteiger partial charge < -0.3 is 10.3 Å². The second-order valence-corrected chi connectivity index (χ2v) is 5.64. The Balaban J connectivity index is 1.76. The minimum Gasteiger partial charge on any atom is -0.301 e. The van der Waals surface area contributed by atoms with Crippen LogP contribution in [0.3, 0.4) is 0 Å². The summed E-state index contributed by atoms with van der Waals surface area (Å²) >= 11 is 0. The van der Waals surface area contributed by atoms with Crippen molar-refractivity contribution >= 4 is 11.3 Å². The zero-order valence-corrected chi connectivity index (χ0v) is 12.8. The van der Waals surface area contributed by atoms with Crippen LogP contribution in [0.4, 0.5) is 5.69 Å². The number of hydrogen-bond acceptors (Lipinski definition) is 5. The van der Waals surface area contributed by atoms with Crippen LogP contribution < -0.4 is 10.4 Å². The molecular weight excluding hydrogens is 288 g/mol. The second kappa shape index (κ2) is 5.21. The van der Waals surface area contributed by atoms with E-state index in [1.54, 1.807) is 9.58 Å². The molecule has 0 radical (unpaired) electrons. The molecule has 2 aliphatic heterocycles. The third-order valence-corrected chi connectivity index (χ3v) is 4.15. The third kappa shape index (κ3) is 2.23. The molecule has 6 nitrogen and oxygen atoms in total. The molecule has 0 aliphatic carbocycles. The molecule has 0 saturated carbocycles. The Kier molecular flexibility index (Phi) is 3.05. The molecule has 23 heavy (non-hydrogen) atoms. The van der Waals surface area contributed by atoms with E-state index >= 15 is 0 Å². The topological polar surface area (TPSA) is 60.1 Å². The lowest BCUT2D eigenvalue weighted by atomic mass is 9.97. The maximum absolute atomic E-state index is 9.31. The zero-order chi connectivity index (χ0) is 15.8. The van der Waals surface area contributed by atoms with Crippen molar-refractivity contribution in [2.75, 3.05) is 18.1 Å². The van der Waals surface area contributed by atoms with E-state index in [1.807, 2.05) is 48.8 Å². The van der Waals surface area contributed by atoms with E-state index in [0.717, 1.165) is 22.5 Å². The quantitative estimate of drug-likeness (QED) is 0.858. The van der Waals surface area contributed by atoms with Gasteiger partial charge in [-0.25, -0.2) is 0 Å². The van der Waals surface area contributed by atoms with Gasteiger partial charge in [0.15, 0.2) is 6.19 Å². The first-order valence-electron chi connectivity index (χ1n) is 7.44. The van der Waals surface area contributed by atoms with E-state index in [2.05, 4.69) is 28.9 Å². The summed E-state index contributed by atoms with van der Waals surface area (Å²) in [5, 5.41) is 15.5. The lowest BCUT2D eigenvalue weighted by molar-refractivity contribution is 0.492. The highest BCUT2D eigenvalue weighted by atomic mass is 15.5. The van der Waals surface area contributed by atoms with Crippen LogP contribution in [0.5, 0.6) is 0 Å². The van der Waals surface area contributed by atoms with Crippen LogP contribution in [0.15, 0.2) is 60.2 Å². The molecule has 0 atom stereocenters. The van der Waals surface area contributed by atoms with E-state index in [1.165, 1.54) is 5.57 Å². The van der Waals surface area contributed by atoms with E-state index < -0.39 is 0 Å². The van der Waals surface area contributed by atoms with Crippen molar-refractivity contribution in [3.63, 3.8) is 0 Å². The lowest BCUT2D eigenvalue weighted by Crippen LogP contribution is -2.37. The number of rotatable bonds is 2. The summed E-state index contributed by atoms with van der Waals surface area (Å²) < 4.78 is 1.77. The fourth-order valence-electron chi connectivity index (χ4n) is 3.05. The first-order chi connectivity index (χ1) is 11.3. The Labute approximate surface area is 134 Å². The summed E-state index contributed by atoms with van der Waals surface area (Å²) in [6.07, 6.45) is 8.03. The second-order valence-electron chi connectivity index (χ2n) is 5.64. The molecule has 0 amide bonds. The Hall–Kier alpha value is -3.20. The van der Waals surface area contributed by atoms with Crippen molar-refractivity contribution in [2.45, 2.75) is 0 Å². The van der Waals surface area contributed by atoms with Crippen LogP contribution >= 0.6 is 0 Å². The van der Waals surface area contributed by atoms with Gasteiger partial charge in [0, 0.05) is 24.4 Å². The van der Waals surface area contributed by atoms with Crippen LogP contribution in [-0.2, 0) is 7.05 Å². The van der Waals surface area contributed by atoms with Crippen LogP contribution in [0, 0.1) is 11.5 Å². The summed E-state index contributed by atoms with van der Waals surface area (Å²) in [7, 11) is 1.89. The average molecular weight is 304 g/mol. The molecule has 2 aliphatic rings. The average Bonchev–Trinajstić information content (AvgIpc) is 3.21. The van der Waals surface area contributed by atoms with Crippen LogP contribution in [0.1, 0.15) is 5.56 Å². The zero-order valence-electron chi connectivity index (χ0n) is 12.8. The van der Waals surface area contributed by atoms with Crippen LogP contribution in [0.25, 0.3) is 5.57 Å². The SMILES string of the molecule is Cn1cc(N2NC=C(c3ccccc3)C3=C2CN(C#N)C3)cn1. The van der Waals surface area contributed by atoms with Gasteiger partial charge in [0.2, 0.25) is 0 Å². The van der Waals surface area contributed by atoms with Gasteiger partial charge in [-0.15, -0.1) is 0 Å². The summed E-state index contributed by atoms with van der Waals surface area (Å²) in [4.78, 5) is 1.76. The number of anilines is 1. The molecule has 6 heteroatoms. The first kappa shape index (κ1) is 13.5. The maximum Gasteiger partial charge on any atom is 0.180 e. The molecule has 114 valence electrons. The van der Waals surface area contributed by atoms with Crippen molar-refractivity contribution in [1.82, 2.24) is 20.1 Å². The minimum absolute atomic E-state index is 0.595. The van der Waals surface area contributed by atoms with Crippen molar-refractivity contribution in [3.05, 3.63) is 65.8 Å². The van der Waals surface area contributed by atoms with Gasteiger partial charge in [0.25, 0.3) is 0 Å². The highest BCUT2D eigenvalue weighted by Gasteiger charge is 2.32. The van der Waals surface area contributed by atoms with Gasteiger partial charge in [-0.1, -0.05) is 30.3 Å². The maximum atomic E-state index is 9.31. The monoisotopic (exact) mass is 304 g/mol. The number of nitrogens with one attached hydrogen (secondary N) is 1. The highest BCUT2D eigenvalue weighted by molar-refractivity contribution is 5.83. The third-order valence-electron chi connectivity index (χ3n) is 4.15. The van der Waals surface area contributed by atoms with E-state index in [0.29, 0.717) is 13.1 Å². The Morgan fingerprint density at radius 1 is 1.22 bits per heavy atom. The van der Waals surface area contributed by atoms with Crippen molar-refractivity contribution in [2.24, 2.45) is 7.05 Å². The van der Waals surface area contributed by atoms with Crippen molar-refractivity contribution < 1.29 is 0 Å².